The van der Waals surface area contributed by atoms with E-state index in [0.717, 1.165) is 0 Å². The lowest BCUT2D eigenvalue weighted by molar-refractivity contribution is -0.383. The number of anilines is 2. The van der Waals surface area contributed by atoms with Crippen LogP contribution in [0.4, 0.5) is 17.3 Å². The van der Waals surface area contributed by atoms with Crippen molar-refractivity contribution in [3.8, 4) is 0 Å². The molecule has 1 saturated heterocycles. The van der Waals surface area contributed by atoms with E-state index in [1.807, 2.05) is 4.90 Å². The summed E-state index contributed by atoms with van der Waals surface area (Å²) in [7, 11) is 3.44. The number of nitro groups is 1. The van der Waals surface area contributed by atoms with Crippen LogP contribution >= 0.6 is 0 Å². The molecule has 98 valence electrons. The zero-order chi connectivity index (χ0) is 13.1. The predicted molar refractivity (Wildman–Crippen MR) is 66.0 cm³/mol. The molecule has 2 rings (SSSR count). The Bertz CT molecular complexity index is 445. The molecule has 0 saturated carbocycles. The molecule has 1 aliphatic heterocycles. The van der Waals surface area contributed by atoms with Crippen molar-refractivity contribution in [2.45, 2.75) is 0 Å². The van der Waals surface area contributed by atoms with Crippen LogP contribution in [0.15, 0.2) is 6.33 Å². The van der Waals surface area contributed by atoms with Gasteiger partial charge in [0, 0.05) is 27.2 Å². The van der Waals surface area contributed by atoms with E-state index < -0.39 is 4.92 Å². The summed E-state index contributed by atoms with van der Waals surface area (Å²) in [5, 5.41) is 11.2. The first-order chi connectivity index (χ1) is 8.61. The average Bonchev–Trinajstić information content (AvgIpc) is 2.38. The maximum absolute atomic E-state index is 11.2. The number of rotatable bonds is 3. The first-order valence-corrected chi connectivity index (χ1v) is 5.60. The van der Waals surface area contributed by atoms with Gasteiger partial charge < -0.3 is 14.5 Å². The Morgan fingerprint density at radius 2 is 2.06 bits per heavy atom. The summed E-state index contributed by atoms with van der Waals surface area (Å²) in [6.45, 7) is 2.31. The summed E-state index contributed by atoms with van der Waals surface area (Å²) >= 11 is 0. The number of hydrogen-bond donors (Lipinski definition) is 0. The highest BCUT2D eigenvalue weighted by Gasteiger charge is 2.28. The molecule has 0 unspecified atom stereocenters. The molecule has 1 fully saturated rings. The van der Waals surface area contributed by atoms with Crippen LogP contribution in [0.1, 0.15) is 0 Å². The summed E-state index contributed by atoms with van der Waals surface area (Å²) in [5.74, 6) is 0.679. The van der Waals surface area contributed by atoms with Crippen molar-refractivity contribution in [1.82, 2.24) is 9.97 Å². The lowest BCUT2D eigenvalue weighted by Gasteiger charge is -2.27. The van der Waals surface area contributed by atoms with Gasteiger partial charge >= 0.3 is 5.69 Å². The van der Waals surface area contributed by atoms with Crippen LogP contribution in [0.3, 0.4) is 0 Å². The topological polar surface area (TPSA) is 84.6 Å². The predicted octanol–water partition coefficient (Wildman–Crippen LogP) is 0.287. The molecular formula is C10H15N5O3. The largest absolute Gasteiger partial charge is 0.378 e. The van der Waals surface area contributed by atoms with E-state index in [1.54, 1.807) is 19.0 Å². The minimum absolute atomic E-state index is 0.0515. The summed E-state index contributed by atoms with van der Waals surface area (Å²) in [4.78, 5) is 22.3. The van der Waals surface area contributed by atoms with Crippen LogP contribution in [0.2, 0.25) is 0 Å². The molecule has 1 aliphatic rings. The highest BCUT2D eigenvalue weighted by molar-refractivity contribution is 5.70. The van der Waals surface area contributed by atoms with E-state index in [0.29, 0.717) is 37.9 Å². The van der Waals surface area contributed by atoms with Gasteiger partial charge in [0.2, 0.25) is 11.6 Å². The van der Waals surface area contributed by atoms with E-state index in [-0.39, 0.29) is 5.69 Å². The smallest absolute Gasteiger partial charge is 0.353 e. The molecule has 0 aliphatic carbocycles. The van der Waals surface area contributed by atoms with Crippen LogP contribution in [-0.2, 0) is 4.74 Å². The Hall–Kier alpha value is -1.96. The third-order valence-corrected chi connectivity index (χ3v) is 2.70. The fourth-order valence-corrected chi connectivity index (χ4v) is 1.86. The SMILES string of the molecule is CN(C)c1ncnc(N2CCOCC2)c1[N+](=O)[O-]. The Balaban J connectivity index is 2.45. The van der Waals surface area contributed by atoms with Crippen molar-refractivity contribution in [2.75, 3.05) is 50.2 Å². The fourth-order valence-electron chi connectivity index (χ4n) is 1.86. The Labute approximate surface area is 104 Å². The van der Waals surface area contributed by atoms with Crippen LogP contribution in [0, 0.1) is 10.1 Å². The molecule has 1 aromatic heterocycles. The molecule has 2 heterocycles. The summed E-state index contributed by atoms with van der Waals surface area (Å²) in [5.41, 5.74) is -0.0515. The molecule has 0 spiro atoms. The number of nitrogens with zero attached hydrogens (tertiary/aromatic N) is 5. The standard InChI is InChI=1S/C10H15N5O3/c1-13(2)9-8(15(16)17)10(12-7-11-9)14-3-5-18-6-4-14/h7H,3-6H2,1-2H3. The molecule has 0 aromatic carbocycles. The molecule has 18 heavy (non-hydrogen) atoms. The van der Waals surface area contributed by atoms with Crippen molar-refractivity contribution >= 4 is 17.3 Å². The Morgan fingerprint density at radius 1 is 1.39 bits per heavy atom. The van der Waals surface area contributed by atoms with Gasteiger partial charge in [-0.25, -0.2) is 9.97 Å². The van der Waals surface area contributed by atoms with Crippen molar-refractivity contribution in [3.63, 3.8) is 0 Å². The minimum Gasteiger partial charge on any atom is -0.378 e. The van der Waals surface area contributed by atoms with Crippen LogP contribution < -0.4 is 9.80 Å². The van der Waals surface area contributed by atoms with Crippen molar-refractivity contribution in [3.05, 3.63) is 16.4 Å². The Morgan fingerprint density at radius 3 is 2.61 bits per heavy atom. The van der Waals surface area contributed by atoms with Gasteiger partial charge in [0.1, 0.15) is 6.33 Å². The second-order valence-corrected chi connectivity index (χ2v) is 4.12. The molecule has 8 heteroatoms. The van der Waals surface area contributed by atoms with E-state index in [2.05, 4.69) is 9.97 Å². The summed E-state index contributed by atoms with van der Waals surface area (Å²) in [6, 6.07) is 0. The maximum atomic E-state index is 11.2. The molecule has 0 bridgehead atoms. The Kier molecular flexibility index (Phi) is 3.56. The monoisotopic (exact) mass is 253 g/mol. The van der Waals surface area contributed by atoms with E-state index in [4.69, 9.17) is 4.74 Å². The van der Waals surface area contributed by atoms with Gasteiger partial charge in [-0.15, -0.1) is 0 Å². The van der Waals surface area contributed by atoms with E-state index >= 15 is 0 Å². The van der Waals surface area contributed by atoms with Gasteiger partial charge in [-0.05, 0) is 0 Å². The van der Waals surface area contributed by atoms with E-state index in [1.165, 1.54) is 6.33 Å². The van der Waals surface area contributed by atoms with Gasteiger partial charge in [-0.1, -0.05) is 0 Å². The summed E-state index contributed by atoms with van der Waals surface area (Å²) in [6.07, 6.45) is 1.35. The van der Waals surface area contributed by atoms with E-state index in [9.17, 15) is 10.1 Å². The first-order valence-electron chi connectivity index (χ1n) is 5.60. The second kappa shape index (κ2) is 5.13. The molecular weight excluding hydrogens is 238 g/mol. The van der Waals surface area contributed by atoms with Crippen molar-refractivity contribution < 1.29 is 9.66 Å². The average molecular weight is 253 g/mol. The maximum Gasteiger partial charge on any atom is 0.353 e. The number of morpholine rings is 1. The lowest BCUT2D eigenvalue weighted by Crippen LogP contribution is -2.37. The highest BCUT2D eigenvalue weighted by atomic mass is 16.6. The second-order valence-electron chi connectivity index (χ2n) is 4.12. The molecule has 1 aromatic rings. The number of aromatic nitrogens is 2. The van der Waals surface area contributed by atoms with Gasteiger partial charge in [-0.3, -0.25) is 10.1 Å². The quantitative estimate of drug-likeness (QED) is 0.565. The zero-order valence-corrected chi connectivity index (χ0v) is 10.4. The fraction of sp³-hybridized carbons (Fsp3) is 0.600. The lowest BCUT2D eigenvalue weighted by atomic mass is 10.3. The first kappa shape index (κ1) is 12.5. The number of ether oxygens (including phenoxy) is 1. The van der Waals surface area contributed by atoms with Gasteiger partial charge in [0.05, 0.1) is 18.1 Å². The minimum atomic E-state index is -0.430. The van der Waals surface area contributed by atoms with Crippen LogP contribution in [0.5, 0.6) is 0 Å². The molecule has 0 amide bonds. The number of hydrogen-bond acceptors (Lipinski definition) is 7. The van der Waals surface area contributed by atoms with Gasteiger partial charge in [0.25, 0.3) is 0 Å². The van der Waals surface area contributed by atoms with Crippen LogP contribution in [-0.4, -0.2) is 55.3 Å². The van der Waals surface area contributed by atoms with Gasteiger partial charge in [0.15, 0.2) is 0 Å². The highest BCUT2D eigenvalue weighted by Crippen LogP contribution is 2.33. The summed E-state index contributed by atoms with van der Waals surface area (Å²) < 4.78 is 5.23. The third-order valence-electron chi connectivity index (χ3n) is 2.70. The molecule has 0 N–H and O–H groups in total. The normalized spacial score (nSPS) is 15.6. The zero-order valence-electron chi connectivity index (χ0n) is 10.4. The van der Waals surface area contributed by atoms with Crippen molar-refractivity contribution in [1.29, 1.82) is 0 Å². The molecule has 8 nitrogen and oxygen atoms in total. The van der Waals surface area contributed by atoms with Crippen LogP contribution in [0.25, 0.3) is 0 Å². The third kappa shape index (κ3) is 2.33. The molecule has 0 radical (unpaired) electrons. The molecule has 0 atom stereocenters. The van der Waals surface area contributed by atoms with Crippen molar-refractivity contribution in [2.24, 2.45) is 0 Å². The van der Waals surface area contributed by atoms with Gasteiger partial charge in [-0.2, -0.15) is 0 Å².